The molecule has 1 aliphatic heterocycles. The number of para-hydroxylation sites is 5. The van der Waals surface area contributed by atoms with Gasteiger partial charge < -0.3 is 18.3 Å². The number of furan rings is 1. The number of fused-ring (bicyclic) bond motifs is 12. The van der Waals surface area contributed by atoms with Crippen LogP contribution in [-0.2, 0) is 0 Å². The quantitative estimate of drug-likeness (QED) is 0.201. The molecule has 1 aliphatic rings. The molecule has 7 aromatic carbocycles. The second-order valence-electron chi connectivity index (χ2n) is 12.1. The Kier molecular flexibility index (Phi) is 4.55. The Morgan fingerprint density at radius 2 is 1.15 bits per heavy atom. The van der Waals surface area contributed by atoms with E-state index < -0.39 is 0 Å². The number of rotatable bonds is 2. The highest BCUT2D eigenvalue weighted by atomic mass is 16.5. The minimum absolute atomic E-state index is 0.865. The van der Waals surface area contributed by atoms with E-state index in [0.717, 1.165) is 77.9 Å². The van der Waals surface area contributed by atoms with Crippen LogP contribution in [0, 0.1) is 0 Å². The summed E-state index contributed by atoms with van der Waals surface area (Å²) in [6.45, 7) is 0. The van der Waals surface area contributed by atoms with E-state index in [4.69, 9.17) is 9.15 Å². The number of hydrogen-bond donors (Lipinski definition) is 0. The maximum absolute atomic E-state index is 6.71. The molecule has 0 saturated heterocycles. The highest BCUT2D eigenvalue weighted by Crippen LogP contribution is 2.49. The minimum Gasteiger partial charge on any atom is -0.455 e. The molecule has 0 amide bonds. The normalized spacial score (nSPS) is 12.5. The standard InChI is InChI=1S/C42H24N2O2/c1-4-12-33-28(9-1)30-22-21-27(42-40(30)44(33)35-14-6-8-16-38(35)46-42)25-17-19-26(20-18-25)43-34-13-5-2-11-32(34)39-36(43)24-23-31-29-10-3-7-15-37(29)45-41(31)39/h1-24H. The van der Waals surface area contributed by atoms with Crippen molar-refractivity contribution in [1.29, 1.82) is 0 Å². The van der Waals surface area contributed by atoms with Crippen LogP contribution in [0.15, 0.2) is 150 Å². The van der Waals surface area contributed by atoms with E-state index in [1.807, 2.05) is 18.2 Å². The lowest BCUT2D eigenvalue weighted by Gasteiger charge is -2.23. The van der Waals surface area contributed by atoms with Gasteiger partial charge in [0.05, 0.1) is 33.1 Å². The van der Waals surface area contributed by atoms with E-state index in [9.17, 15) is 0 Å². The van der Waals surface area contributed by atoms with Gasteiger partial charge in [0.25, 0.3) is 0 Å². The van der Waals surface area contributed by atoms with Gasteiger partial charge >= 0.3 is 0 Å². The van der Waals surface area contributed by atoms with Crippen LogP contribution in [0.4, 0.5) is 0 Å². The van der Waals surface area contributed by atoms with Gasteiger partial charge in [-0.15, -0.1) is 0 Å². The zero-order chi connectivity index (χ0) is 29.9. The summed E-state index contributed by atoms with van der Waals surface area (Å²) >= 11 is 0. The Morgan fingerprint density at radius 3 is 2.02 bits per heavy atom. The minimum atomic E-state index is 0.865. The van der Waals surface area contributed by atoms with Crippen LogP contribution >= 0.6 is 0 Å². The van der Waals surface area contributed by atoms with Crippen molar-refractivity contribution in [2.45, 2.75) is 0 Å². The third-order valence-electron chi connectivity index (χ3n) is 9.73. The van der Waals surface area contributed by atoms with Gasteiger partial charge in [0.1, 0.15) is 11.2 Å². The molecule has 0 atom stereocenters. The molecule has 3 aromatic heterocycles. The predicted octanol–water partition coefficient (Wildman–Crippen LogP) is 11.6. The fourth-order valence-corrected chi connectivity index (χ4v) is 7.75. The highest BCUT2D eigenvalue weighted by molar-refractivity contribution is 6.24. The second-order valence-corrected chi connectivity index (χ2v) is 12.1. The van der Waals surface area contributed by atoms with Crippen LogP contribution in [0.25, 0.3) is 88.1 Å². The fraction of sp³-hybridized carbons (Fsp3) is 0. The molecule has 0 N–H and O–H groups in total. The van der Waals surface area contributed by atoms with E-state index in [2.05, 4.69) is 137 Å². The summed E-state index contributed by atoms with van der Waals surface area (Å²) in [7, 11) is 0. The van der Waals surface area contributed by atoms with E-state index in [1.165, 1.54) is 21.7 Å². The molecule has 4 heteroatoms. The number of hydrogen-bond acceptors (Lipinski definition) is 2. The van der Waals surface area contributed by atoms with Crippen molar-refractivity contribution < 1.29 is 9.15 Å². The summed E-state index contributed by atoms with van der Waals surface area (Å²) in [5, 5.41) is 7.03. The van der Waals surface area contributed by atoms with Crippen LogP contribution in [0.2, 0.25) is 0 Å². The van der Waals surface area contributed by atoms with Gasteiger partial charge in [0, 0.05) is 38.2 Å². The Balaban J connectivity index is 1.12. The van der Waals surface area contributed by atoms with Crippen molar-refractivity contribution in [3.63, 3.8) is 0 Å². The first-order valence-electron chi connectivity index (χ1n) is 15.6. The van der Waals surface area contributed by atoms with Gasteiger partial charge in [0.15, 0.2) is 11.5 Å². The van der Waals surface area contributed by atoms with Gasteiger partial charge in [-0.25, -0.2) is 0 Å². The maximum Gasteiger partial charge on any atom is 0.160 e. The predicted molar refractivity (Wildman–Crippen MR) is 188 cm³/mol. The van der Waals surface area contributed by atoms with Gasteiger partial charge in [-0.05, 0) is 66.2 Å². The Hall–Kier alpha value is -6.26. The zero-order valence-corrected chi connectivity index (χ0v) is 24.6. The molecule has 0 radical (unpaired) electrons. The molecular formula is C42H24N2O2. The molecule has 0 aliphatic carbocycles. The molecule has 10 aromatic rings. The van der Waals surface area contributed by atoms with E-state index in [-0.39, 0.29) is 0 Å². The number of benzene rings is 7. The van der Waals surface area contributed by atoms with Crippen LogP contribution in [-0.4, -0.2) is 9.13 Å². The molecule has 4 heterocycles. The molecule has 11 rings (SSSR count). The summed E-state index contributed by atoms with van der Waals surface area (Å²) in [6, 6.07) is 51.5. The summed E-state index contributed by atoms with van der Waals surface area (Å²) < 4.78 is 17.9. The topological polar surface area (TPSA) is 32.2 Å². The summed E-state index contributed by atoms with van der Waals surface area (Å²) in [4.78, 5) is 0. The molecule has 0 unspecified atom stereocenters. The molecular weight excluding hydrogens is 564 g/mol. The van der Waals surface area contributed by atoms with E-state index in [0.29, 0.717) is 0 Å². The zero-order valence-electron chi connectivity index (χ0n) is 24.6. The average molecular weight is 589 g/mol. The molecule has 0 bridgehead atoms. The number of ether oxygens (including phenoxy) is 1. The van der Waals surface area contributed by atoms with E-state index >= 15 is 0 Å². The molecule has 46 heavy (non-hydrogen) atoms. The summed E-state index contributed by atoms with van der Waals surface area (Å²) in [6.07, 6.45) is 0. The number of aromatic nitrogens is 2. The van der Waals surface area contributed by atoms with Crippen LogP contribution in [0.3, 0.4) is 0 Å². The lowest BCUT2D eigenvalue weighted by molar-refractivity contribution is 0.478. The molecule has 4 nitrogen and oxygen atoms in total. The first kappa shape index (κ1) is 24.1. The highest BCUT2D eigenvalue weighted by Gasteiger charge is 2.26. The second kappa shape index (κ2) is 8.68. The lowest BCUT2D eigenvalue weighted by Crippen LogP contribution is -2.05. The first-order valence-corrected chi connectivity index (χ1v) is 15.6. The van der Waals surface area contributed by atoms with Crippen molar-refractivity contribution >= 4 is 65.6 Å². The van der Waals surface area contributed by atoms with Crippen LogP contribution < -0.4 is 4.74 Å². The van der Waals surface area contributed by atoms with Crippen LogP contribution in [0.1, 0.15) is 0 Å². The Morgan fingerprint density at radius 1 is 0.457 bits per heavy atom. The van der Waals surface area contributed by atoms with Crippen molar-refractivity contribution in [2.75, 3.05) is 0 Å². The SMILES string of the molecule is c1ccc2c(c1)Oc1c(-c3ccc(-n4c5ccccc5c5c6oc7ccccc7c6ccc54)cc3)ccc3c4ccccc4n-2c13. The first-order chi connectivity index (χ1) is 22.8. The summed E-state index contributed by atoms with van der Waals surface area (Å²) in [5.41, 5.74) is 10.8. The van der Waals surface area contributed by atoms with Crippen LogP contribution in [0.5, 0.6) is 11.5 Å². The lowest BCUT2D eigenvalue weighted by atomic mass is 10.0. The van der Waals surface area contributed by atoms with Gasteiger partial charge in [-0.2, -0.15) is 0 Å². The maximum atomic E-state index is 6.71. The number of nitrogens with zero attached hydrogens (tertiary/aromatic N) is 2. The van der Waals surface area contributed by atoms with Gasteiger partial charge in [0.2, 0.25) is 0 Å². The van der Waals surface area contributed by atoms with Crippen molar-refractivity contribution in [1.82, 2.24) is 9.13 Å². The van der Waals surface area contributed by atoms with Crippen molar-refractivity contribution in [3.8, 4) is 34.0 Å². The third kappa shape index (κ3) is 3.03. The smallest absolute Gasteiger partial charge is 0.160 e. The summed E-state index contributed by atoms with van der Waals surface area (Å²) in [5.74, 6) is 1.76. The monoisotopic (exact) mass is 588 g/mol. The Bertz CT molecular complexity index is 2880. The fourth-order valence-electron chi connectivity index (χ4n) is 7.75. The van der Waals surface area contributed by atoms with Crippen molar-refractivity contribution in [2.24, 2.45) is 0 Å². The molecule has 0 saturated carbocycles. The molecule has 0 fully saturated rings. The third-order valence-corrected chi connectivity index (χ3v) is 9.73. The van der Waals surface area contributed by atoms with Gasteiger partial charge in [-0.3, -0.25) is 0 Å². The molecule has 214 valence electrons. The van der Waals surface area contributed by atoms with Crippen molar-refractivity contribution in [3.05, 3.63) is 146 Å². The Labute approximate surface area is 262 Å². The van der Waals surface area contributed by atoms with E-state index in [1.54, 1.807) is 0 Å². The van der Waals surface area contributed by atoms with Gasteiger partial charge in [-0.1, -0.05) is 84.9 Å². The molecule has 0 spiro atoms. The largest absolute Gasteiger partial charge is 0.455 e. The average Bonchev–Trinajstić information content (AvgIpc) is 3.77.